The van der Waals surface area contributed by atoms with Crippen molar-refractivity contribution >= 4 is 11.0 Å². The van der Waals surface area contributed by atoms with Gasteiger partial charge in [-0.05, 0) is 45.4 Å². The summed E-state index contributed by atoms with van der Waals surface area (Å²) in [5.41, 5.74) is 1.86. The summed E-state index contributed by atoms with van der Waals surface area (Å²) in [5.74, 6) is 1.02. The number of benzene rings is 1. The molecule has 1 aliphatic heterocycles. The van der Waals surface area contributed by atoms with Crippen molar-refractivity contribution in [3.63, 3.8) is 0 Å². The van der Waals surface area contributed by atoms with Gasteiger partial charge in [0.15, 0.2) is 0 Å². The number of imidazole rings is 1. The molecule has 0 amide bonds. The number of aliphatic hydroxyl groups is 1. The summed E-state index contributed by atoms with van der Waals surface area (Å²) in [7, 11) is 2.05. The fourth-order valence-electron chi connectivity index (χ4n) is 3.75. The second kappa shape index (κ2) is 6.48. The third kappa shape index (κ3) is 3.01. The van der Waals surface area contributed by atoms with E-state index in [1.807, 2.05) is 24.4 Å². The van der Waals surface area contributed by atoms with Gasteiger partial charge in [0.2, 0.25) is 0 Å². The zero-order valence-electron chi connectivity index (χ0n) is 15.6. The first-order valence-electron chi connectivity index (χ1n) is 9.24. The first kappa shape index (κ1) is 17.2. The Balaban J connectivity index is 1.55. The van der Waals surface area contributed by atoms with Gasteiger partial charge in [-0.2, -0.15) is 0 Å². The fourth-order valence-corrected chi connectivity index (χ4v) is 3.75. The quantitative estimate of drug-likeness (QED) is 0.778. The molecule has 1 aliphatic rings. The van der Waals surface area contributed by atoms with E-state index in [0.717, 1.165) is 29.8 Å². The predicted octanol–water partition coefficient (Wildman–Crippen LogP) is 2.23. The third-order valence-corrected chi connectivity index (χ3v) is 5.31. The molecule has 2 aromatic heterocycles. The lowest BCUT2D eigenvalue weighted by molar-refractivity contribution is -0.0422. The molecule has 1 fully saturated rings. The lowest BCUT2D eigenvalue weighted by atomic mass is 9.90. The van der Waals surface area contributed by atoms with Crippen molar-refractivity contribution in [2.75, 3.05) is 13.1 Å². The Morgan fingerprint density at radius 2 is 2.08 bits per heavy atom. The maximum absolute atomic E-state index is 11.2. The van der Waals surface area contributed by atoms with Gasteiger partial charge in [-0.15, -0.1) is 5.10 Å². The maximum atomic E-state index is 11.2. The highest BCUT2D eigenvalue weighted by molar-refractivity contribution is 5.75. The van der Waals surface area contributed by atoms with E-state index in [4.69, 9.17) is 4.98 Å². The largest absolute Gasteiger partial charge is 0.382 e. The van der Waals surface area contributed by atoms with Crippen molar-refractivity contribution in [1.82, 2.24) is 29.4 Å². The average molecular weight is 354 g/mol. The summed E-state index contributed by atoms with van der Waals surface area (Å²) in [6.45, 7) is 6.32. The number of aromatic nitrogens is 5. The topological polar surface area (TPSA) is 72.0 Å². The van der Waals surface area contributed by atoms with E-state index in [2.05, 4.69) is 46.7 Å². The number of fused-ring (bicyclic) bond motifs is 1. The Kier molecular flexibility index (Phi) is 4.28. The number of likely N-dealkylation sites (tertiary alicyclic amines) is 1. The molecule has 1 N–H and O–H groups in total. The van der Waals surface area contributed by atoms with Crippen LogP contribution in [-0.4, -0.2) is 47.6 Å². The number of hydrogen-bond acceptors (Lipinski definition) is 5. The molecule has 138 valence electrons. The van der Waals surface area contributed by atoms with E-state index >= 15 is 0 Å². The zero-order chi connectivity index (χ0) is 18.3. The Morgan fingerprint density at radius 1 is 1.27 bits per heavy atom. The van der Waals surface area contributed by atoms with Crippen LogP contribution >= 0.6 is 0 Å². The minimum atomic E-state index is -0.948. The van der Waals surface area contributed by atoms with Gasteiger partial charge in [-0.3, -0.25) is 4.90 Å². The zero-order valence-corrected chi connectivity index (χ0v) is 15.6. The average Bonchev–Trinajstić information content (AvgIpc) is 3.22. The molecule has 3 heterocycles. The predicted molar refractivity (Wildman–Crippen MR) is 99.5 cm³/mol. The Labute approximate surface area is 153 Å². The van der Waals surface area contributed by atoms with E-state index in [1.54, 1.807) is 4.68 Å². The Hall–Kier alpha value is -2.25. The Morgan fingerprint density at radius 3 is 2.81 bits per heavy atom. The van der Waals surface area contributed by atoms with Gasteiger partial charge < -0.3 is 9.67 Å². The van der Waals surface area contributed by atoms with Gasteiger partial charge >= 0.3 is 0 Å². The minimum Gasteiger partial charge on any atom is -0.382 e. The summed E-state index contributed by atoms with van der Waals surface area (Å²) >= 11 is 0. The number of hydrogen-bond donors (Lipinski definition) is 1. The highest BCUT2D eigenvalue weighted by Gasteiger charge is 2.38. The van der Waals surface area contributed by atoms with Gasteiger partial charge in [0.05, 0.1) is 23.8 Å². The second-order valence-electron chi connectivity index (χ2n) is 7.60. The van der Waals surface area contributed by atoms with Gasteiger partial charge in [0.1, 0.15) is 17.1 Å². The lowest BCUT2D eigenvalue weighted by Gasteiger charge is -2.37. The first-order chi connectivity index (χ1) is 12.5. The monoisotopic (exact) mass is 354 g/mol. The lowest BCUT2D eigenvalue weighted by Crippen LogP contribution is -2.46. The highest BCUT2D eigenvalue weighted by atomic mass is 16.3. The van der Waals surface area contributed by atoms with Crippen LogP contribution in [0.3, 0.4) is 0 Å². The van der Waals surface area contributed by atoms with E-state index in [0.29, 0.717) is 25.2 Å². The number of β-amino-alcohol motifs (C(OH)–C–C–N with tert-alkyl or cyclic N) is 1. The summed E-state index contributed by atoms with van der Waals surface area (Å²) in [6, 6.07) is 8.40. The number of piperidine rings is 1. The molecule has 3 aromatic rings. The molecule has 26 heavy (non-hydrogen) atoms. The van der Waals surface area contributed by atoms with Crippen molar-refractivity contribution in [3.8, 4) is 0 Å². The summed E-state index contributed by atoms with van der Waals surface area (Å²) < 4.78 is 3.94. The minimum absolute atomic E-state index is 0.236. The molecule has 1 aromatic carbocycles. The Bertz CT molecular complexity index is 914. The van der Waals surface area contributed by atoms with Gasteiger partial charge in [0.25, 0.3) is 0 Å². The smallest absolute Gasteiger partial charge is 0.123 e. The normalized spacial score (nSPS) is 21.7. The van der Waals surface area contributed by atoms with Crippen molar-refractivity contribution in [2.45, 2.75) is 44.9 Å². The molecule has 0 radical (unpaired) electrons. The van der Waals surface area contributed by atoms with E-state index in [9.17, 15) is 5.11 Å². The summed E-state index contributed by atoms with van der Waals surface area (Å²) in [6.07, 6.45) is 3.51. The van der Waals surface area contributed by atoms with Crippen molar-refractivity contribution in [2.24, 2.45) is 7.05 Å². The van der Waals surface area contributed by atoms with Crippen LogP contribution in [0.2, 0.25) is 0 Å². The fraction of sp³-hybridized carbons (Fsp3) is 0.526. The van der Waals surface area contributed by atoms with Crippen molar-refractivity contribution in [1.29, 1.82) is 0 Å². The molecule has 1 saturated heterocycles. The van der Waals surface area contributed by atoms with E-state index in [1.165, 1.54) is 0 Å². The molecular weight excluding hydrogens is 328 g/mol. The first-order valence-corrected chi connectivity index (χ1v) is 9.24. The number of aryl methyl sites for hydroxylation is 1. The highest BCUT2D eigenvalue weighted by Crippen LogP contribution is 2.31. The van der Waals surface area contributed by atoms with Crippen LogP contribution in [0.25, 0.3) is 11.0 Å². The SMILES string of the molecule is CC(C)n1cc([C@]2(O)CCCN(Cc3nc4ccccc4n3C)C2)nn1. The van der Waals surface area contributed by atoms with Crippen LogP contribution in [0.15, 0.2) is 30.5 Å². The molecule has 4 rings (SSSR count). The standard InChI is InChI=1S/C19H26N6O/c1-14(2)25-11-17(21-22-25)19(26)9-6-10-24(13-19)12-18-20-15-7-4-5-8-16(15)23(18)3/h4-5,7-8,11,14,26H,6,9-10,12-13H2,1-3H3/t19-/m0/s1. The van der Waals surface area contributed by atoms with E-state index < -0.39 is 5.60 Å². The van der Waals surface area contributed by atoms with Gasteiger partial charge in [-0.1, -0.05) is 17.3 Å². The maximum Gasteiger partial charge on any atom is 0.123 e. The molecular formula is C19H26N6O. The van der Waals surface area contributed by atoms with E-state index in [-0.39, 0.29) is 6.04 Å². The van der Waals surface area contributed by atoms with Crippen LogP contribution in [0, 0.1) is 0 Å². The molecule has 0 unspecified atom stereocenters. The van der Waals surface area contributed by atoms with Crippen LogP contribution in [0.4, 0.5) is 0 Å². The molecule has 7 nitrogen and oxygen atoms in total. The number of rotatable bonds is 4. The van der Waals surface area contributed by atoms with Crippen LogP contribution in [-0.2, 0) is 19.2 Å². The van der Waals surface area contributed by atoms with Crippen LogP contribution in [0.5, 0.6) is 0 Å². The molecule has 1 atom stereocenters. The molecule has 0 bridgehead atoms. The second-order valence-corrected chi connectivity index (χ2v) is 7.60. The summed E-state index contributed by atoms with van der Waals surface area (Å²) in [5, 5.41) is 19.6. The van der Waals surface area contributed by atoms with Crippen LogP contribution < -0.4 is 0 Å². The number of nitrogens with zero attached hydrogens (tertiary/aromatic N) is 6. The molecule has 0 spiro atoms. The summed E-state index contributed by atoms with van der Waals surface area (Å²) in [4.78, 5) is 7.02. The van der Waals surface area contributed by atoms with Gasteiger partial charge in [-0.25, -0.2) is 9.67 Å². The van der Waals surface area contributed by atoms with Crippen LogP contribution in [0.1, 0.15) is 44.2 Å². The van der Waals surface area contributed by atoms with Gasteiger partial charge in [0, 0.05) is 19.6 Å². The molecule has 0 aliphatic carbocycles. The molecule has 7 heteroatoms. The van der Waals surface area contributed by atoms with Crippen molar-refractivity contribution in [3.05, 3.63) is 42.0 Å². The number of para-hydroxylation sites is 2. The molecule has 0 saturated carbocycles. The third-order valence-electron chi connectivity index (χ3n) is 5.31. The van der Waals surface area contributed by atoms with Crippen molar-refractivity contribution < 1.29 is 5.11 Å².